The van der Waals surface area contributed by atoms with Gasteiger partial charge in [0.1, 0.15) is 10.6 Å². The molecule has 160 valence electrons. The summed E-state index contributed by atoms with van der Waals surface area (Å²) in [5.41, 5.74) is -0.526. The van der Waals surface area contributed by atoms with E-state index < -0.39 is 17.8 Å². The molecule has 4 rings (SSSR count). The Kier molecular flexibility index (Phi) is 5.32. The van der Waals surface area contributed by atoms with Crippen molar-refractivity contribution in [2.24, 2.45) is 7.05 Å². The molecule has 0 saturated heterocycles. The Morgan fingerprint density at radius 3 is 2.42 bits per heavy atom. The van der Waals surface area contributed by atoms with Gasteiger partial charge in [-0.1, -0.05) is 12.1 Å². The Morgan fingerprint density at radius 1 is 1.10 bits per heavy atom. The highest BCUT2D eigenvalue weighted by Gasteiger charge is 2.37. The maximum atomic E-state index is 13.1. The number of benzene rings is 2. The molecule has 6 nitrogen and oxygen atoms in total. The number of carbonyl (C=O) groups excluding carboxylic acids is 1. The zero-order chi connectivity index (χ0) is 22.2. The molecule has 0 saturated carbocycles. The highest BCUT2D eigenvalue weighted by Crippen LogP contribution is 2.37. The van der Waals surface area contributed by atoms with Crippen molar-refractivity contribution in [3.8, 4) is 17.2 Å². The molecule has 2 aromatic heterocycles. The van der Waals surface area contributed by atoms with Gasteiger partial charge in [-0.05, 0) is 42.5 Å². The number of anilines is 1. The molecule has 4 aromatic rings. The number of nitrogens with zero attached hydrogens (tertiary/aromatic N) is 2. The van der Waals surface area contributed by atoms with Crippen LogP contribution in [0.4, 0.5) is 18.9 Å². The first-order valence-electron chi connectivity index (χ1n) is 9.02. The van der Waals surface area contributed by atoms with Gasteiger partial charge in [-0.3, -0.25) is 9.48 Å². The van der Waals surface area contributed by atoms with Crippen molar-refractivity contribution in [2.75, 3.05) is 12.4 Å². The van der Waals surface area contributed by atoms with Crippen molar-refractivity contribution in [3.05, 3.63) is 65.2 Å². The van der Waals surface area contributed by atoms with Crippen LogP contribution in [0.1, 0.15) is 15.4 Å². The normalized spacial score (nSPS) is 11.5. The summed E-state index contributed by atoms with van der Waals surface area (Å²) < 4.78 is 51.6. The molecular weight excluding hydrogens is 431 g/mol. The monoisotopic (exact) mass is 447 g/mol. The quantitative estimate of drug-likeness (QED) is 0.426. The van der Waals surface area contributed by atoms with Gasteiger partial charge in [-0.2, -0.15) is 18.3 Å². The number of rotatable bonds is 5. The lowest BCUT2D eigenvalue weighted by atomic mass is 10.2. The minimum atomic E-state index is -4.59. The number of amides is 1. The molecule has 10 heteroatoms. The van der Waals surface area contributed by atoms with Crippen molar-refractivity contribution < 1.29 is 27.4 Å². The standard InChI is InChI=1S/C21H16F3N3O3S/c1-27-20-14(18(26-27)21(22,23)24)11-17(31-20)19(28)25-12-7-9-13(10-8-12)30-16-6-4-3-5-15(16)29-2/h3-11H,1-2H3,(H,25,28). The molecule has 0 radical (unpaired) electrons. The van der Waals surface area contributed by atoms with Crippen LogP contribution in [0.3, 0.4) is 0 Å². The minimum Gasteiger partial charge on any atom is -0.493 e. The van der Waals surface area contributed by atoms with Gasteiger partial charge in [0.2, 0.25) is 0 Å². The van der Waals surface area contributed by atoms with Gasteiger partial charge in [0, 0.05) is 18.1 Å². The van der Waals surface area contributed by atoms with E-state index in [1.165, 1.54) is 13.1 Å². The number of hydrogen-bond acceptors (Lipinski definition) is 5. The van der Waals surface area contributed by atoms with Crippen LogP contribution in [0.2, 0.25) is 0 Å². The summed E-state index contributed by atoms with van der Waals surface area (Å²) in [7, 11) is 2.96. The predicted octanol–water partition coefficient (Wildman–Crippen LogP) is 5.71. The molecule has 0 unspecified atom stereocenters. The molecule has 0 aliphatic heterocycles. The zero-order valence-corrected chi connectivity index (χ0v) is 17.2. The van der Waals surface area contributed by atoms with Crippen LogP contribution in [0.25, 0.3) is 10.2 Å². The van der Waals surface area contributed by atoms with Crippen molar-refractivity contribution >= 4 is 33.1 Å². The molecule has 0 aliphatic carbocycles. The number of aromatic nitrogens is 2. The average Bonchev–Trinajstić information content (AvgIpc) is 3.30. The maximum absolute atomic E-state index is 13.1. The van der Waals surface area contributed by atoms with Crippen LogP contribution in [0.15, 0.2) is 54.6 Å². The third-order valence-corrected chi connectivity index (χ3v) is 5.61. The number of hydrogen-bond donors (Lipinski definition) is 1. The minimum absolute atomic E-state index is 0.0919. The van der Waals surface area contributed by atoms with Crippen LogP contribution in [-0.2, 0) is 13.2 Å². The summed E-state index contributed by atoms with van der Waals surface area (Å²) in [5.74, 6) is 1.15. The summed E-state index contributed by atoms with van der Waals surface area (Å²) in [6.45, 7) is 0. The van der Waals surface area contributed by atoms with Gasteiger partial charge in [0.05, 0.1) is 12.0 Å². The van der Waals surface area contributed by atoms with Crippen molar-refractivity contribution in [2.45, 2.75) is 6.18 Å². The fourth-order valence-corrected chi connectivity index (χ4v) is 3.96. The lowest BCUT2D eigenvalue weighted by molar-refractivity contribution is -0.140. The summed E-state index contributed by atoms with van der Waals surface area (Å²) in [6.07, 6.45) is -4.59. The summed E-state index contributed by atoms with van der Waals surface area (Å²) in [6, 6.07) is 15.0. The van der Waals surface area contributed by atoms with E-state index in [0.29, 0.717) is 22.9 Å². The second kappa shape index (κ2) is 7.95. The number of alkyl halides is 3. The number of fused-ring (bicyclic) bond motifs is 1. The number of thiophene rings is 1. The lowest BCUT2D eigenvalue weighted by Crippen LogP contribution is -2.10. The number of carbonyl (C=O) groups is 1. The molecule has 0 atom stereocenters. The van der Waals surface area contributed by atoms with Gasteiger partial charge in [0.15, 0.2) is 17.2 Å². The van der Waals surface area contributed by atoms with E-state index >= 15 is 0 Å². The lowest BCUT2D eigenvalue weighted by Gasteiger charge is -2.10. The third-order valence-electron chi connectivity index (χ3n) is 4.41. The summed E-state index contributed by atoms with van der Waals surface area (Å²) in [4.78, 5) is 13.0. The van der Waals surface area contributed by atoms with Gasteiger partial charge in [-0.25, -0.2) is 0 Å². The summed E-state index contributed by atoms with van der Waals surface area (Å²) >= 11 is 0.947. The Bertz CT molecular complexity index is 1250. The number of methoxy groups -OCH3 is 1. The highest BCUT2D eigenvalue weighted by molar-refractivity contribution is 7.20. The van der Waals surface area contributed by atoms with Crippen LogP contribution in [-0.4, -0.2) is 22.8 Å². The first-order chi connectivity index (χ1) is 14.8. The number of halogens is 3. The molecule has 1 N–H and O–H groups in total. The van der Waals surface area contributed by atoms with Crippen molar-refractivity contribution in [1.29, 1.82) is 0 Å². The fraction of sp³-hybridized carbons (Fsp3) is 0.143. The van der Waals surface area contributed by atoms with Crippen LogP contribution in [0, 0.1) is 0 Å². The molecule has 0 fully saturated rings. The molecule has 2 heterocycles. The summed E-state index contributed by atoms with van der Waals surface area (Å²) in [5, 5.41) is 6.10. The van der Waals surface area contributed by atoms with Gasteiger partial charge in [-0.15, -0.1) is 11.3 Å². The van der Waals surface area contributed by atoms with E-state index in [9.17, 15) is 18.0 Å². The first kappa shape index (κ1) is 20.7. The number of ether oxygens (including phenoxy) is 2. The van der Waals surface area contributed by atoms with Crippen molar-refractivity contribution in [1.82, 2.24) is 9.78 Å². The molecule has 0 bridgehead atoms. The Labute approximate surface area is 178 Å². The molecular formula is C21H16F3N3O3S. The predicted molar refractivity (Wildman–Crippen MR) is 111 cm³/mol. The van der Waals surface area contributed by atoms with E-state index in [1.54, 1.807) is 43.5 Å². The van der Waals surface area contributed by atoms with Crippen LogP contribution < -0.4 is 14.8 Å². The number of aryl methyl sites for hydroxylation is 1. The zero-order valence-electron chi connectivity index (χ0n) is 16.4. The second-order valence-electron chi connectivity index (χ2n) is 6.53. The Hall–Kier alpha value is -3.53. The largest absolute Gasteiger partial charge is 0.493 e. The Morgan fingerprint density at radius 2 is 1.77 bits per heavy atom. The molecule has 0 spiro atoms. The van der Waals surface area contributed by atoms with Gasteiger partial charge < -0.3 is 14.8 Å². The topological polar surface area (TPSA) is 65.4 Å². The highest BCUT2D eigenvalue weighted by atomic mass is 32.1. The molecule has 0 aliphatic rings. The van der Waals surface area contributed by atoms with E-state index in [0.717, 1.165) is 16.0 Å². The Balaban J connectivity index is 1.50. The molecule has 31 heavy (non-hydrogen) atoms. The van der Waals surface area contributed by atoms with Gasteiger partial charge in [0.25, 0.3) is 5.91 Å². The van der Waals surface area contributed by atoms with E-state index in [-0.39, 0.29) is 15.1 Å². The average molecular weight is 447 g/mol. The third kappa shape index (κ3) is 4.19. The fourth-order valence-electron chi connectivity index (χ4n) is 2.99. The van der Waals surface area contributed by atoms with E-state index in [2.05, 4.69) is 10.4 Å². The van der Waals surface area contributed by atoms with E-state index in [1.807, 2.05) is 12.1 Å². The van der Waals surface area contributed by atoms with Crippen LogP contribution in [0.5, 0.6) is 17.2 Å². The first-order valence-corrected chi connectivity index (χ1v) is 9.84. The van der Waals surface area contributed by atoms with Crippen molar-refractivity contribution in [3.63, 3.8) is 0 Å². The number of para-hydroxylation sites is 2. The van der Waals surface area contributed by atoms with Crippen LogP contribution >= 0.6 is 11.3 Å². The maximum Gasteiger partial charge on any atom is 0.435 e. The molecule has 1 amide bonds. The van der Waals surface area contributed by atoms with E-state index in [4.69, 9.17) is 9.47 Å². The van der Waals surface area contributed by atoms with Gasteiger partial charge >= 0.3 is 6.18 Å². The second-order valence-corrected chi connectivity index (χ2v) is 7.56. The number of nitrogens with one attached hydrogen (secondary N) is 1. The SMILES string of the molecule is COc1ccccc1Oc1ccc(NC(=O)c2cc3c(C(F)(F)F)nn(C)c3s2)cc1. The molecule has 2 aromatic carbocycles. The smallest absolute Gasteiger partial charge is 0.435 e.